The molecule has 0 spiro atoms. The number of hydrogen-bond acceptors (Lipinski definition) is 6. The van der Waals surface area contributed by atoms with Gasteiger partial charge in [-0.3, -0.25) is 9.69 Å². The molecule has 1 atom stereocenters. The summed E-state index contributed by atoms with van der Waals surface area (Å²) < 4.78 is 21.4. The fourth-order valence-electron chi connectivity index (χ4n) is 2.58. The zero-order chi connectivity index (χ0) is 18.4. The molecule has 1 amide bonds. The van der Waals surface area contributed by atoms with Crippen LogP contribution in [-0.2, 0) is 0 Å². The molecule has 7 nitrogen and oxygen atoms in total. The maximum atomic E-state index is 12.7. The largest absolute Gasteiger partial charge is 0.493 e. The number of methoxy groups -OCH3 is 3. The summed E-state index contributed by atoms with van der Waals surface area (Å²) >= 11 is 0. The molecule has 0 aliphatic carbocycles. The van der Waals surface area contributed by atoms with Crippen LogP contribution in [0.5, 0.6) is 17.2 Å². The van der Waals surface area contributed by atoms with Crippen molar-refractivity contribution in [3.05, 3.63) is 41.9 Å². The molecule has 1 aromatic carbocycles. The quantitative estimate of drug-likeness (QED) is 0.789. The van der Waals surface area contributed by atoms with E-state index in [4.69, 9.17) is 18.6 Å². The van der Waals surface area contributed by atoms with Crippen LogP contribution in [0.2, 0.25) is 0 Å². The normalized spacial score (nSPS) is 11.9. The van der Waals surface area contributed by atoms with Crippen LogP contribution in [-0.4, -0.2) is 52.8 Å². The molecule has 0 fully saturated rings. The molecule has 136 valence electrons. The lowest BCUT2D eigenvalue weighted by atomic mass is 10.1. The lowest BCUT2D eigenvalue weighted by Gasteiger charge is -2.23. The fraction of sp³-hybridized carbons (Fsp3) is 0.389. The van der Waals surface area contributed by atoms with E-state index in [0.29, 0.717) is 29.4 Å². The summed E-state index contributed by atoms with van der Waals surface area (Å²) in [4.78, 5) is 14.6. The number of carbonyl (C=O) groups excluding carboxylic acids is 1. The molecule has 2 aromatic rings. The number of likely N-dealkylation sites (N-methyl/N-ethyl adjacent to an activating group) is 1. The maximum absolute atomic E-state index is 12.7. The molecule has 0 bridgehead atoms. The van der Waals surface area contributed by atoms with Crippen LogP contribution >= 0.6 is 0 Å². The molecule has 0 saturated heterocycles. The Balaban J connectivity index is 2.20. The summed E-state index contributed by atoms with van der Waals surface area (Å²) in [5.41, 5.74) is 0.372. The molecule has 1 aromatic heterocycles. The van der Waals surface area contributed by atoms with Crippen LogP contribution in [0.15, 0.2) is 34.9 Å². The first-order chi connectivity index (χ1) is 12.0. The molecule has 1 N–H and O–H groups in total. The van der Waals surface area contributed by atoms with Crippen molar-refractivity contribution < 1.29 is 23.4 Å². The van der Waals surface area contributed by atoms with Gasteiger partial charge in [-0.15, -0.1) is 0 Å². The number of hydrogen-bond donors (Lipinski definition) is 1. The molecule has 1 heterocycles. The lowest BCUT2D eigenvalue weighted by molar-refractivity contribution is 0.0935. The van der Waals surface area contributed by atoms with Crippen molar-refractivity contribution in [1.29, 1.82) is 0 Å². The van der Waals surface area contributed by atoms with E-state index in [-0.39, 0.29) is 11.9 Å². The Hall–Kier alpha value is -2.67. The summed E-state index contributed by atoms with van der Waals surface area (Å²) in [6.45, 7) is 0.386. The Bertz CT molecular complexity index is 698. The number of nitrogens with zero attached hydrogens (tertiary/aromatic N) is 1. The third-order valence-electron chi connectivity index (χ3n) is 3.90. The summed E-state index contributed by atoms with van der Waals surface area (Å²) in [7, 11) is 8.37. The predicted octanol–water partition coefficient (Wildman–Crippen LogP) is 2.34. The second kappa shape index (κ2) is 8.43. The summed E-state index contributed by atoms with van der Waals surface area (Å²) in [6, 6.07) is 6.95. The van der Waals surface area contributed by atoms with Crippen LogP contribution in [0, 0.1) is 0 Å². The monoisotopic (exact) mass is 348 g/mol. The number of ether oxygens (including phenoxy) is 3. The second-order valence-corrected chi connectivity index (χ2v) is 5.59. The van der Waals surface area contributed by atoms with Gasteiger partial charge in [0.1, 0.15) is 5.76 Å². The van der Waals surface area contributed by atoms with Crippen LogP contribution in [0.4, 0.5) is 0 Å². The molecule has 1 unspecified atom stereocenters. The van der Waals surface area contributed by atoms with E-state index in [1.807, 2.05) is 31.1 Å². The molecule has 2 rings (SSSR count). The minimum Gasteiger partial charge on any atom is -0.493 e. The third kappa shape index (κ3) is 4.06. The molecular weight excluding hydrogens is 324 g/mol. The van der Waals surface area contributed by atoms with E-state index in [2.05, 4.69) is 5.32 Å². The topological polar surface area (TPSA) is 73.2 Å². The highest BCUT2D eigenvalue weighted by Crippen LogP contribution is 2.39. The highest BCUT2D eigenvalue weighted by Gasteiger charge is 2.23. The van der Waals surface area contributed by atoms with Gasteiger partial charge in [-0.2, -0.15) is 0 Å². The van der Waals surface area contributed by atoms with Crippen LogP contribution in [0.25, 0.3) is 0 Å². The highest BCUT2D eigenvalue weighted by atomic mass is 16.5. The molecule has 7 heteroatoms. The van der Waals surface area contributed by atoms with Crippen LogP contribution in [0.3, 0.4) is 0 Å². The Morgan fingerprint density at radius 3 is 2.36 bits per heavy atom. The van der Waals surface area contributed by atoms with E-state index >= 15 is 0 Å². The van der Waals surface area contributed by atoms with Crippen molar-refractivity contribution in [3.8, 4) is 17.2 Å². The van der Waals surface area contributed by atoms with Crippen molar-refractivity contribution in [2.45, 2.75) is 6.04 Å². The average Bonchev–Trinajstić information content (AvgIpc) is 3.14. The summed E-state index contributed by atoms with van der Waals surface area (Å²) in [5, 5.41) is 2.92. The zero-order valence-electron chi connectivity index (χ0n) is 15.2. The second-order valence-electron chi connectivity index (χ2n) is 5.59. The third-order valence-corrected chi connectivity index (χ3v) is 3.90. The summed E-state index contributed by atoms with van der Waals surface area (Å²) in [6.07, 6.45) is 1.62. The summed E-state index contributed by atoms with van der Waals surface area (Å²) in [5.74, 6) is 1.73. The van der Waals surface area contributed by atoms with Crippen LogP contribution < -0.4 is 19.5 Å². The van der Waals surface area contributed by atoms with Crippen molar-refractivity contribution in [2.24, 2.45) is 0 Å². The molecule has 0 aliphatic heterocycles. The van der Waals surface area contributed by atoms with E-state index in [9.17, 15) is 4.79 Å². The van der Waals surface area contributed by atoms with E-state index in [1.54, 1.807) is 18.4 Å². The van der Waals surface area contributed by atoms with Gasteiger partial charge in [0.2, 0.25) is 5.75 Å². The molecule has 0 radical (unpaired) electrons. The molecule has 25 heavy (non-hydrogen) atoms. The Morgan fingerprint density at radius 1 is 1.12 bits per heavy atom. The number of rotatable bonds is 8. The molecule has 0 saturated carbocycles. The number of benzene rings is 1. The highest BCUT2D eigenvalue weighted by molar-refractivity contribution is 5.98. The number of nitrogens with one attached hydrogen (secondary N) is 1. The molecular formula is C18H24N2O5. The lowest BCUT2D eigenvalue weighted by Crippen LogP contribution is -2.34. The Morgan fingerprint density at radius 2 is 1.84 bits per heavy atom. The standard InChI is InChI=1S/C18H24N2O5/c1-20(2)13(14-7-6-10-25-14)11-19-18(21)12-8-9-15(22-3)17(24-5)16(12)23-4/h6-10,13H,11H2,1-5H3,(H,19,21). The minimum absolute atomic E-state index is 0.0786. The first-order valence-electron chi connectivity index (χ1n) is 7.80. The number of carbonyl (C=O) groups is 1. The Kier molecular flexibility index (Phi) is 6.30. The SMILES string of the molecule is COc1ccc(C(=O)NCC(c2ccco2)N(C)C)c(OC)c1OC. The first-order valence-corrected chi connectivity index (χ1v) is 7.80. The van der Waals surface area contributed by atoms with Gasteiger partial charge in [0.05, 0.1) is 39.2 Å². The maximum Gasteiger partial charge on any atom is 0.255 e. The van der Waals surface area contributed by atoms with Gasteiger partial charge in [0.15, 0.2) is 11.5 Å². The van der Waals surface area contributed by atoms with E-state index in [0.717, 1.165) is 5.76 Å². The van der Waals surface area contributed by atoms with Gasteiger partial charge >= 0.3 is 0 Å². The van der Waals surface area contributed by atoms with Crippen molar-refractivity contribution in [3.63, 3.8) is 0 Å². The Labute approximate surface area is 147 Å². The molecule has 0 aliphatic rings. The van der Waals surface area contributed by atoms with E-state index < -0.39 is 0 Å². The zero-order valence-corrected chi connectivity index (χ0v) is 15.2. The smallest absolute Gasteiger partial charge is 0.255 e. The van der Waals surface area contributed by atoms with Crippen LogP contribution in [0.1, 0.15) is 22.2 Å². The van der Waals surface area contributed by atoms with Crippen molar-refractivity contribution in [2.75, 3.05) is 42.0 Å². The van der Waals surface area contributed by atoms with Gasteiger partial charge in [0.25, 0.3) is 5.91 Å². The minimum atomic E-state index is -0.267. The van der Waals surface area contributed by atoms with Gasteiger partial charge in [-0.1, -0.05) is 0 Å². The van der Waals surface area contributed by atoms with Gasteiger partial charge in [-0.05, 0) is 38.4 Å². The van der Waals surface area contributed by atoms with Crippen molar-refractivity contribution >= 4 is 5.91 Å². The predicted molar refractivity (Wildman–Crippen MR) is 93.6 cm³/mol. The van der Waals surface area contributed by atoms with Gasteiger partial charge in [0, 0.05) is 6.54 Å². The number of amides is 1. The first kappa shape index (κ1) is 18.7. The van der Waals surface area contributed by atoms with Gasteiger partial charge < -0.3 is 23.9 Å². The van der Waals surface area contributed by atoms with E-state index in [1.165, 1.54) is 21.3 Å². The average molecular weight is 348 g/mol. The van der Waals surface area contributed by atoms with Crippen molar-refractivity contribution in [1.82, 2.24) is 10.2 Å². The van der Waals surface area contributed by atoms with Gasteiger partial charge in [-0.25, -0.2) is 0 Å². The fourth-order valence-corrected chi connectivity index (χ4v) is 2.58. The number of furan rings is 1.